The van der Waals surface area contributed by atoms with Gasteiger partial charge in [-0.25, -0.2) is 0 Å². The van der Waals surface area contributed by atoms with Crippen LogP contribution in [0.15, 0.2) is 79.5 Å². The van der Waals surface area contributed by atoms with E-state index in [9.17, 15) is 9.59 Å². The minimum absolute atomic E-state index is 0.210. The summed E-state index contributed by atoms with van der Waals surface area (Å²) in [5.41, 5.74) is 4.42. The highest BCUT2D eigenvalue weighted by molar-refractivity contribution is 6.13. The predicted octanol–water partition coefficient (Wildman–Crippen LogP) is 4.74. The van der Waals surface area contributed by atoms with Crippen molar-refractivity contribution in [3.05, 3.63) is 102 Å². The van der Waals surface area contributed by atoms with Crippen LogP contribution < -0.4 is 0 Å². The van der Waals surface area contributed by atoms with Gasteiger partial charge in [0.05, 0.1) is 12.1 Å². The lowest BCUT2D eigenvalue weighted by Gasteiger charge is -2.15. The molecule has 0 fully saturated rings. The Balaban J connectivity index is 1.74. The molecule has 3 aromatic heterocycles. The van der Waals surface area contributed by atoms with Crippen molar-refractivity contribution in [1.29, 1.82) is 0 Å². The minimum Gasteiger partial charge on any atom is -0.324 e. The summed E-state index contributed by atoms with van der Waals surface area (Å²) in [6.45, 7) is 3.81. The van der Waals surface area contributed by atoms with E-state index >= 15 is 0 Å². The van der Waals surface area contributed by atoms with Crippen LogP contribution in [0.5, 0.6) is 0 Å². The molecule has 5 heteroatoms. The van der Waals surface area contributed by atoms with Crippen LogP contribution in [0.1, 0.15) is 38.4 Å². The van der Waals surface area contributed by atoms with Crippen LogP contribution >= 0.6 is 0 Å². The van der Waals surface area contributed by atoms with E-state index in [0.717, 1.165) is 22.5 Å². The summed E-state index contributed by atoms with van der Waals surface area (Å²) >= 11 is 0. The second-order valence-electron chi connectivity index (χ2n) is 7.06. The van der Waals surface area contributed by atoms with Gasteiger partial charge in [-0.05, 0) is 73.5 Å². The summed E-state index contributed by atoms with van der Waals surface area (Å²) in [6.07, 6.45) is 9.13. The number of carbonyl (C=O) groups excluding carboxylic acids is 2. The molecule has 29 heavy (non-hydrogen) atoms. The van der Waals surface area contributed by atoms with Crippen LogP contribution in [0.25, 0.3) is 11.4 Å². The first-order chi connectivity index (χ1) is 14.0. The zero-order valence-electron chi connectivity index (χ0n) is 16.4. The van der Waals surface area contributed by atoms with Crippen LogP contribution in [0.4, 0.5) is 0 Å². The first kappa shape index (κ1) is 18.6. The molecule has 0 aliphatic heterocycles. The first-order valence-electron chi connectivity index (χ1n) is 9.43. The van der Waals surface area contributed by atoms with E-state index in [1.165, 1.54) is 0 Å². The molecule has 4 aromatic rings. The molecule has 0 spiro atoms. The summed E-state index contributed by atoms with van der Waals surface area (Å²) in [6, 6.07) is 15.2. The number of pyridine rings is 1. The van der Waals surface area contributed by atoms with Crippen molar-refractivity contribution < 1.29 is 9.59 Å². The quantitative estimate of drug-likeness (QED) is 0.357. The monoisotopic (exact) mass is 383 g/mol. The molecule has 0 bridgehead atoms. The van der Waals surface area contributed by atoms with Crippen molar-refractivity contribution in [2.24, 2.45) is 0 Å². The minimum atomic E-state index is -0.271. The fourth-order valence-electron chi connectivity index (χ4n) is 3.41. The number of aromatic nitrogens is 3. The van der Waals surface area contributed by atoms with Gasteiger partial charge in [-0.15, -0.1) is 0 Å². The number of nitrogens with zero attached hydrogens (tertiary/aromatic N) is 3. The standard InChI is InChI=1S/C24H21N3O2/c1-17-7-8-25-21(13-17)24(29)16-23(28)20-14-19(26-9-3-4-10-26)15-22(18(20)2)27-11-5-6-12-27/h3-15H,16H2,1-2H3. The van der Waals surface area contributed by atoms with E-state index in [0.29, 0.717) is 11.3 Å². The van der Waals surface area contributed by atoms with Crippen LogP contribution in [0, 0.1) is 13.8 Å². The number of carbonyl (C=O) groups is 2. The highest BCUT2D eigenvalue weighted by atomic mass is 16.1. The number of rotatable bonds is 6. The number of aryl methyl sites for hydroxylation is 1. The number of ketones is 2. The van der Waals surface area contributed by atoms with E-state index < -0.39 is 0 Å². The third kappa shape index (κ3) is 3.80. The Labute approximate surface area is 169 Å². The summed E-state index contributed by atoms with van der Waals surface area (Å²) in [5.74, 6) is -0.481. The highest BCUT2D eigenvalue weighted by Crippen LogP contribution is 2.25. The van der Waals surface area contributed by atoms with Crippen LogP contribution in [-0.2, 0) is 0 Å². The van der Waals surface area contributed by atoms with E-state index in [1.807, 2.05) is 90.2 Å². The average Bonchev–Trinajstić information content (AvgIpc) is 3.42. The normalized spacial score (nSPS) is 10.8. The SMILES string of the molecule is Cc1ccnc(C(=O)CC(=O)c2cc(-n3cccc3)cc(-n3cccc3)c2C)c1. The van der Waals surface area contributed by atoms with Crippen LogP contribution in [0.3, 0.4) is 0 Å². The molecule has 0 amide bonds. The van der Waals surface area contributed by atoms with Gasteiger partial charge >= 0.3 is 0 Å². The molecule has 0 atom stereocenters. The van der Waals surface area contributed by atoms with Crippen molar-refractivity contribution >= 4 is 11.6 Å². The Bertz CT molecular complexity index is 1170. The van der Waals surface area contributed by atoms with E-state index in [1.54, 1.807) is 12.3 Å². The Morgan fingerprint density at radius 1 is 0.862 bits per heavy atom. The molecule has 144 valence electrons. The maximum Gasteiger partial charge on any atom is 0.188 e. The van der Waals surface area contributed by atoms with Gasteiger partial charge in [0, 0.05) is 42.2 Å². The van der Waals surface area contributed by atoms with Gasteiger partial charge in [-0.3, -0.25) is 14.6 Å². The second kappa shape index (κ2) is 7.72. The first-order valence-corrected chi connectivity index (χ1v) is 9.43. The van der Waals surface area contributed by atoms with Crippen molar-refractivity contribution in [3.8, 4) is 11.4 Å². The highest BCUT2D eigenvalue weighted by Gasteiger charge is 2.20. The Kier molecular flexibility index (Phi) is 4.96. The molecule has 0 aliphatic carbocycles. The molecule has 0 aliphatic rings. The van der Waals surface area contributed by atoms with Gasteiger partial charge < -0.3 is 9.13 Å². The number of hydrogen-bond donors (Lipinski definition) is 0. The lowest BCUT2D eigenvalue weighted by Crippen LogP contribution is -2.13. The average molecular weight is 383 g/mol. The molecule has 0 N–H and O–H groups in total. The zero-order chi connectivity index (χ0) is 20.4. The molecule has 5 nitrogen and oxygen atoms in total. The lowest BCUT2D eigenvalue weighted by atomic mass is 9.97. The second-order valence-corrected chi connectivity index (χ2v) is 7.06. The zero-order valence-corrected chi connectivity index (χ0v) is 16.4. The smallest absolute Gasteiger partial charge is 0.188 e. The molecule has 0 unspecified atom stereocenters. The molecule has 4 rings (SSSR count). The van der Waals surface area contributed by atoms with Gasteiger partial charge in [-0.2, -0.15) is 0 Å². The van der Waals surface area contributed by atoms with Crippen molar-refractivity contribution in [3.63, 3.8) is 0 Å². The van der Waals surface area contributed by atoms with E-state index in [4.69, 9.17) is 0 Å². The van der Waals surface area contributed by atoms with Crippen molar-refractivity contribution in [1.82, 2.24) is 14.1 Å². The Morgan fingerprint density at radius 3 is 2.17 bits per heavy atom. The van der Waals surface area contributed by atoms with E-state index in [-0.39, 0.29) is 18.0 Å². The Hall–Kier alpha value is -3.73. The summed E-state index contributed by atoms with van der Waals surface area (Å²) in [7, 11) is 0. The maximum absolute atomic E-state index is 13.1. The third-order valence-corrected chi connectivity index (χ3v) is 4.97. The number of hydrogen-bond acceptors (Lipinski definition) is 3. The molecule has 0 saturated heterocycles. The van der Waals surface area contributed by atoms with E-state index in [2.05, 4.69) is 4.98 Å². The number of Topliss-reactive ketones (excluding diaryl/α,β-unsaturated/α-hetero) is 2. The molecule has 0 radical (unpaired) electrons. The number of benzene rings is 1. The molecular weight excluding hydrogens is 362 g/mol. The summed E-state index contributed by atoms with van der Waals surface area (Å²) in [4.78, 5) is 29.9. The van der Waals surface area contributed by atoms with Gasteiger partial charge in [0.15, 0.2) is 11.6 Å². The largest absolute Gasteiger partial charge is 0.324 e. The molecule has 3 heterocycles. The maximum atomic E-state index is 13.1. The third-order valence-electron chi connectivity index (χ3n) is 4.97. The predicted molar refractivity (Wildman–Crippen MR) is 112 cm³/mol. The van der Waals surface area contributed by atoms with Crippen molar-refractivity contribution in [2.75, 3.05) is 0 Å². The summed E-state index contributed by atoms with van der Waals surface area (Å²) < 4.78 is 3.93. The van der Waals surface area contributed by atoms with Crippen molar-refractivity contribution in [2.45, 2.75) is 20.3 Å². The molecular formula is C24H21N3O2. The van der Waals surface area contributed by atoms with Gasteiger partial charge in [0.25, 0.3) is 0 Å². The van der Waals surface area contributed by atoms with Crippen LogP contribution in [0.2, 0.25) is 0 Å². The molecule has 1 aromatic carbocycles. The fourth-order valence-corrected chi connectivity index (χ4v) is 3.41. The van der Waals surface area contributed by atoms with Gasteiger partial charge in [0.2, 0.25) is 0 Å². The van der Waals surface area contributed by atoms with Gasteiger partial charge in [0.1, 0.15) is 5.69 Å². The Morgan fingerprint density at radius 2 is 1.52 bits per heavy atom. The summed E-state index contributed by atoms with van der Waals surface area (Å²) in [5, 5.41) is 0. The van der Waals surface area contributed by atoms with Gasteiger partial charge in [-0.1, -0.05) is 0 Å². The molecule has 0 saturated carbocycles. The topological polar surface area (TPSA) is 56.9 Å². The fraction of sp³-hybridized carbons (Fsp3) is 0.125. The van der Waals surface area contributed by atoms with Crippen LogP contribution in [-0.4, -0.2) is 25.7 Å². The lowest BCUT2D eigenvalue weighted by molar-refractivity contribution is 0.0891.